The summed E-state index contributed by atoms with van der Waals surface area (Å²) in [6, 6.07) is 23.6. The summed E-state index contributed by atoms with van der Waals surface area (Å²) in [5.74, 6) is 0.965. The number of anilines is 1. The van der Waals surface area contributed by atoms with E-state index in [1.54, 1.807) is 55.6 Å². The second kappa shape index (κ2) is 11.5. The van der Waals surface area contributed by atoms with E-state index in [1.165, 1.54) is 0 Å². The topological polar surface area (TPSA) is 88.1 Å². The molecule has 0 radical (unpaired) electrons. The van der Waals surface area contributed by atoms with Gasteiger partial charge in [-0.1, -0.05) is 36.4 Å². The van der Waals surface area contributed by atoms with Gasteiger partial charge in [-0.15, -0.1) is 0 Å². The lowest BCUT2D eigenvalue weighted by Crippen LogP contribution is -2.39. The molecular formula is C28H30N2O5. The molecule has 1 aliphatic heterocycles. The van der Waals surface area contributed by atoms with E-state index < -0.39 is 6.10 Å². The molecule has 0 spiro atoms. The molecule has 2 N–H and O–H groups in total. The van der Waals surface area contributed by atoms with Crippen molar-refractivity contribution in [1.29, 1.82) is 0 Å². The molecule has 3 aromatic carbocycles. The molecule has 182 valence electrons. The Morgan fingerprint density at radius 3 is 2.37 bits per heavy atom. The van der Waals surface area contributed by atoms with Gasteiger partial charge in [0.15, 0.2) is 6.61 Å². The Balaban J connectivity index is 1.24. The van der Waals surface area contributed by atoms with E-state index in [2.05, 4.69) is 5.32 Å². The number of nitrogens with zero attached hydrogens (tertiary/aromatic N) is 1. The number of hydrogen-bond donors (Lipinski definition) is 2. The SMILES string of the molecule is COc1cccc(NC(=O)COc2ccc(C(=O)N3CCC([C@H](O)c4ccccc4)CC3)cc2)c1. The molecule has 3 aromatic rings. The number of carbonyl (C=O) groups excluding carboxylic acids is 2. The van der Waals surface area contributed by atoms with Crippen LogP contribution in [-0.2, 0) is 4.79 Å². The molecule has 0 aliphatic carbocycles. The van der Waals surface area contributed by atoms with Crippen molar-refractivity contribution in [2.45, 2.75) is 18.9 Å². The van der Waals surface area contributed by atoms with Crippen molar-refractivity contribution < 1.29 is 24.2 Å². The Morgan fingerprint density at radius 2 is 1.69 bits per heavy atom. The highest BCUT2D eigenvalue weighted by Crippen LogP contribution is 2.31. The van der Waals surface area contributed by atoms with E-state index in [1.807, 2.05) is 35.2 Å². The van der Waals surface area contributed by atoms with Crippen LogP contribution < -0.4 is 14.8 Å². The second-order valence-electron chi connectivity index (χ2n) is 8.58. The zero-order valence-electron chi connectivity index (χ0n) is 19.7. The van der Waals surface area contributed by atoms with Crippen molar-refractivity contribution in [3.63, 3.8) is 0 Å². The van der Waals surface area contributed by atoms with Crippen molar-refractivity contribution in [2.24, 2.45) is 5.92 Å². The highest BCUT2D eigenvalue weighted by molar-refractivity contribution is 5.94. The smallest absolute Gasteiger partial charge is 0.262 e. The van der Waals surface area contributed by atoms with E-state index >= 15 is 0 Å². The molecule has 1 aliphatic rings. The van der Waals surface area contributed by atoms with Crippen molar-refractivity contribution in [3.8, 4) is 11.5 Å². The van der Waals surface area contributed by atoms with E-state index in [-0.39, 0.29) is 24.3 Å². The maximum Gasteiger partial charge on any atom is 0.262 e. The molecule has 1 saturated heterocycles. The standard InChI is InChI=1S/C28H30N2O5/c1-34-25-9-5-8-23(18-25)29-26(31)19-35-24-12-10-22(11-13-24)28(33)30-16-14-21(15-17-30)27(32)20-6-3-2-4-7-20/h2-13,18,21,27,32H,14-17,19H2,1H3,(H,29,31)/t27-/m1/s1. The van der Waals surface area contributed by atoms with Crippen molar-refractivity contribution in [1.82, 2.24) is 4.90 Å². The average Bonchev–Trinajstić information content (AvgIpc) is 2.92. The number of aliphatic hydroxyl groups excluding tert-OH is 1. The van der Waals surface area contributed by atoms with Crippen LogP contribution in [0.1, 0.15) is 34.9 Å². The van der Waals surface area contributed by atoms with Gasteiger partial charge >= 0.3 is 0 Å². The fourth-order valence-electron chi connectivity index (χ4n) is 4.26. The number of piperidine rings is 1. The molecule has 7 heteroatoms. The van der Waals surface area contributed by atoms with Crippen LogP contribution in [0.3, 0.4) is 0 Å². The van der Waals surface area contributed by atoms with E-state index in [0.29, 0.717) is 35.8 Å². The number of nitrogens with one attached hydrogen (secondary N) is 1. The molecule has 7 nitrogen and oxygen atoms in total. The molecule has 35 heavy (non-hydrogen) atoms. The van der Waals surface area contributed by atoms with Gasteiger partial charge in [0.05, 0.1) is 13.2 Å². The normalized spacial score (nSPS) is 14.7. The van der Waals surface area contributed by atoms with Crippen LogP contribution in [0.25, 0.3) is 0 Å². The number of likely N-dealkylation sites (tertiary alicyclic amines) is 1. The third-order valence-electron chi connectivity index (χ3n) is 6.24. The second-order valence-corrected chi connectivity index (χ2v) is 8.58. The largest absolute Gasteiger partial charge is 0.497 e. The lowest BCUT2D eigenvalue weighted by Gasteiger charge is -2.34. The van der Waals surface area contributed by atoms with Gasteiger partial charge in [-0.2, -0.15) is 0 Å². The maximum atomic E-state index is 12.9. The van der Waals surface area contributed by atoms with Crippen LogP contribution in [-0.4, -0.2) is 48.6 Å². The number of ether oxygens (including phenoxy) is 2. The fraction of sp³-hybridized carbons (Fsp3) is 0.286. The Bertz CT molecular complexity index is 1130. The summed E-state index contributed by atoms with van der Waals surface area (Å²) in [4.78, 5) is 26.9. The zero-order chi connectivity index (χ0) is 24.6. The van der Waals surface area contributed by atoms with Crippen LogP contribution >= 0.6 is 0 Å². The van der Waals surface area contributed by atoms with Gasteiger partial charge < -0.3 is 24.8 Å². The molecule has 1 fully saturated rings. The van der Waals surface area contributed by atoms with Gasteiger partial charge in [-0.3, -0.25) is 9.59 Å². The molecule has 2 amide bonds. The molecule has 4 rings (SSSR count). The summed E-state index contributed by atoms with van der Waals surface area (Å²) >= 11 is 0. The first-order chi connectivity index (χ1) is 17.0. The predicted octanol–water partition coefficient (Wildman–Crippen LogP) is 4.30. The molecule has 0 bridgehead atoms. The highest BCUT2D eigenvalue weighted by atomic mass is 16.5. The van der Waals surface area contributed by atoms with E-state index in [9.17, 15) is 14.7 Å². The first kappa shape index (κ1) is 24.3. The monoisotopic (exact) mass is 474 g/mol. The summed E-state index contributed by atoms with van der Waals surface area (Å²) in [5, 5.41) is 13.4. The molecular weight excluding hydrogens is 444 g/mol. The minimum Gasteiger partial charge on any atom is -0.497 e. The Labute approximate surface area is 205 Å². The first-order valence-electron chi connectivity index (χ1n) is 11.7. The summed E-state index contributed by atoms with van der Waals surface area (Å²) < 4.78 is 10.7. The zero-order valence-corrected chi connectivity index (χ0v) is 19.7. The third kappa shape index (κ3) is 6.39. The number of hydrogen-bond acceptors (Lipinski definition) is 5. The minimum atomic E-state index is -0.508. The quantitative estimate of drug-likeness (QED) is 0.508. The van der Waals surface area contributed by atoms with Gasteiger partial charge in [-0.05, 0) is 60.7 Å². The number of carbonyl (C=O) groups is 2. The van der Waals surface area contributed by atoms with Crippen LogP contribution in [0.2, 0.25) is 0 Å². The summed E-state index contributed by atoms with van der Waals surface area (Å²) in [5.41, 5.74) is 2.12. The third-order valence-corrected chi connectivity index (χ3v) is 6.24. The van der Waals surface area contributed by atoms with E-state index in [4.69, 9.17) is 9.47 Å². The number of amides is 2. The van der Waals surface area contributed by atoms with Gasteiger partial charge in [0.25, 0.3) is 11.8 Å². The maximum absolute atomic E-state index is 12.9. The summed E-state index contributed by atoms with van der Waals surface area (Å²) in [7, 11) is 1.57. The Morgan fingerprint density at radius 1 is 0.971 bits per heavy atom. The first-order valence-corrected chi connectivity index (χ1v) is 11.7. The number of methoxy groups -OCH3 is 1. The van der Waals surface area contributed by atoms with Gasteiger partial charge in [-0.25, -0.2) is 0 Å². The number of rotatable bonds is 8. The minimum absolute atomic E-state index is 0.0417. The van der Waals surface area contributed by atoms with Crippen LogP contribution in [0.4, 0.5) is 5.69 Å². The lowest BCUT2D eigenvalue weighted by molar-refractivity contribution is -0.118. The molecule has 0 saturated carbocycles. The molecule has 1 heterocycles. The molecule has 0 aromatic heterocycles. The molecule has 1 atom stereocenters. The van der Waals surface area contributed by atoms with Crippen molar-refractivity contribution in [3.05, 3.63) is 90.0 Å². The predicted molar refractivity (Wildman–Crippen MR) is 134 cm³/mol. The summed E-state index contributed by atoms with van der Waals surface area (Å²) in [6.07, 6.45) is 1.00. The van der Waals surface area contributed by atoms with Gasteiger partial charge in [0, 0.05) is 30.4 Å². The van der Waals surface area contributed by atoms with E-state index in [0.717, 1.165) is 18.4 Å². The van der Waals surface area contributed by atoms with Crippen LogP contribution in [0, 0.1) is 5.92 Å². The van der Waals surface area contributed by atoms with Gasteiger partial charge in [0.1, 0.15) is 11.5 Å². The highest BCUT2D eigenvalue weighted by Gasteiger charge is 2.28. The number of aliphatic hydroxyl groups is 1. The number of benzene rings is 3. The van der Waals surface area contributed by atoms with Crippen molar-refractivity contribution >= 4 is 17.5 Å². The lowest BCUT2D eigenvalue weighted by atomic mass is 9.87. The fourth-order valence-corrected chi connectivity index (χ4v) is 4.26. The Kier molecular flexibility index (Phi) is 8.00. The molecule has 0 unspecified atom stereocenters. The average molecular weight is 475 g/mol. The summed E-state index contributed by atoms with van der Waals surface area (Å²) in [6.45, 7) is 1.06. The van der Waals surface area contributed by atoms with Gasteiger partial charge in [0.2, 0.25) is 0 Å². The van der Waals surface area contributed by atoms with Crippen LogP contribution in [0.15, 0.2) is 78.9 Å². The van der Waals surface area contributed by atoms with Crippen molar-refractivity contribution in [2.75, 3.05) is 32.1 Å². The Hall–Kier alpha value is -3.84. The van der Waals surface area contributed by atoms with Crippen LogP contribution in [0.5, 0.6) is 11.5 Å².